The summed E-state index contributed by atoms with van der Waals surface area (Å²) in [6.07, 6.45) is 3.70. The number of aromatic nitrogens is 1. The van der Waals surface area contributed by atoms with Crippen molar-refractivity contribution in [1.82, 2.24) is 4.98 Å². The molecular formula is C14H16N2. The second-order valence-corrected chi connectivity index (χ2v) is 4.03. The Morgan fingerprint density at radius 3 is 2.75 bits per heavy atom. The van der Waals surface area contributed by atoms with Crippen molar-refractivity contribution in [3.63, 3.8) is 0 Å². The van der Waals surface area contributed by atoms with E-state index in [9.17, 15) is 0 Å². The number of pyridine rings is 1. The highest BCUT2D eigenvalue weighted by Crippen LogP contribution is 2.25. The first-order valence-electron chi connectivity index (χ1n) is 5.43. The fourth-order valence-electron chi connectivity index (χ4n) is 1.81. The van der Waals surface area contributed by atoms with Gasteiger partial charge in [-0.05, 0) is 42.2 Å². The third-order valence-corrected chi connectivity index (χ3v) is 2.95. The van der Waals surface area contributed by atoms with E-state index >= 15 is 0 Å². The Bertz CT molecular complexity index is 504. The molecule has 2 nitrogen and oxygen atoms in total. The van der Waals surface area contributed by atoms with Crippen molar-refractivity contribution < 1.29 is 0 Å². The lowest BCUT2D eigenvalue weighted by Crippen LogP contribution is -1.97. The van der Waals surface area contributed by atoms with Crippen molar-refractivity contribution >= 4 is 0 Å². The Kier molecular flexibility index (Phi) is 3.02. The zero-order valence-electron chi connectivity index (χ0n) is 9.70. The molecule has 0 amide bonds. The Morgan fingerprint density at radius 1 is 1.19 bits per heavy atom. The predicted octanol–water partition coefficient (Wildman–Crippen LogP) is 2.82. The third kappa shape index (κ3) is 1.97. The molecule has 2 N–H and O–H groups in total. The minimum absolute atomic E-state index is 0.533. The van der Waals surface area contributed by atoms with Crippen molar-refractivity contribution in [2.24, 2.45) is 5.73 Å². The van der Waals surface area contributed by atoms with Crippen LogP contribution in [0.2, 0.25) is 0 Å². The SMILES string of the molecule is Cc1cccc(-c2cncc(CN)c2)c1C. The van der Waals surface area contributed by atoms with Gasteiger partial charge in [-0.15, -0.1) is 0 Å². The van der Waals surface area contributed by atoms with Crippen molar-refractivity contribution in [3.05, 3.63) is 53.3 Å². The van der Waals surface area contributed by atoms with Crippen LogP contribution in [0.3, 0.4) is 0 Å². The first-order valence-corrected chi connectivity index (χ1v) is 5.43. The number of hydrogen-bond acceptors (Lipinski definition) is 2. The van der Waals surface area contributed by atoms with Gasteiger partial charge in [-0.2, -0.15) is 0 Å². The van der Waals surface area contributed by atoms with Crippen LogP contribution in [0.15, 0.2) is 36.7 Å². The topological polar surface area (TPSA) is 38.9 Å². The second kappa shape index (κ2) is 4.45. The standard InChI is InChI=1S/C14H16N2/c1-10-4-3-5-14(11(10)2)13-6-12(7-15)8-16-9-13/h3-6,8-9H,7,15H2,1-2H3. The fourth-order valence-corrected chi connectivity index (χ4v) is 1.81. The number of nitrogens with two attached hydrogens (primary N) is 1. The van der Waals surface area contributed by atoms with Gasteiger partial charge in [0.25, 0.3) is 0 Å². The van der Waals surface area contributed by atoms with Gasteiger partial charge in [0.15, 0.2) is 0 Å². The van der Waals surface area contributed by atoms with E-state index in [1.54, 1.807) is 0 Å². The van der Waals surface area contributed by atoms with Crippen molar-refractivity contribution in [2.75, 3.05) is 0 Å². The van der Waals surface area contributed by atoms with Gasteiger partial charge in [0.1, 0.15) is 0 Å². The molecule has 0 saturated heterocycles. The van der Waals surface area contributed by atoms with E-state index in [0.717, 1.165) is 11.1 Å². The molecule has 2 aromatic rings. The minimum atomic E-state index is 0.533. The number of benzene rings is 1. The van der Waals surface area contributed by atoms with Gasteiger partial charge in [0, 0.05) is 24.5 Å². The second-order valence-electron chi connectivity index (χ2n) is 4.03. The highest BCUT2D eigenvalue weighted by Gasteiger charge is 2.04. The molecule has 0 saturated carbocycles. The number of nitrogens with zero attached hydrogens (tertiary/aromatic N) is 1. The van der Waals surface area contributed by atoms with Crippen LogP contribution >= 0.6 is 0 Å². The van der Waals surface area contributed by atoms with E-state index in [0.29, 0.717) is 6.54 Å². The van der Waals surface area contributed by atoms with Crippen LogP contribution < -0.4 is 5.73 Å². The molecule has 16 heavy (non-hydrogen) atoms. The Morgan fingerprint density at radius 2 is 2.00 bits per heavy atom. The average Bonchev–Trinajstić information content (AvgIpc) is 2.33. The molecular weight excluding hydrogens is 196 g/mol. The van der Waals surface area contributed by atoms with Gasteiger partial charge in [0.2, 0.25) is 0 Å². The molecule has 2 heteroatoms. The largest absolute Gasteiger partial charge is 0.326 e. The van der Waals surface area contributed by atoms with Gasteiger partial charge in [0.05, 0.1) is 0 Å². The summed E-state index contributed by atoms with van der Waals surface area (Å²) in [6.45, 7) is 4.80. The summed E-state index contributed by atoms with van der Waals surface area (Å²) < 4.78 is 0. The fraction of sp³-hybridized carbons (Fsp3) is 0.214. The van der Waals surface area contributed by atoms with Crippen LogP contribution in [0.1, 0.15) is 16.7 Å². The first-order chi connectivity index (χ1) is 7.72. The van der Waals surface area contributed by atoms with E-state index in [-0.39, 0.29) is 0 Å². The molecule has 0 spiro atoms. The first kappa shape index (κ1) is 10.8. The van der Waals surface area contributed by atoms with Gasteiger partial charge < -0.3 is 5.73 Å². The lowest BCUT2D eigenvalue weighted by Gasteiger charge is -2.09. The average molecular weight is 212 g/mol. The van der Waals surface area contributed by atoms with E-state index in [4.69, 9.17) is 5.73 Å². The molecule has 0 aliphatic carbocycles. The molecule has 1 aromatic heterocycles. The van der Waals surface area contributed by atoms with E-state index in [1.807, 2.05) is 12.4 Å². The number of rotatable bonds is 2. The lowest BCUT2D eigenvalue weighted by atomic mass is 9.97. The van der Waals surface area contributed by atoms with Crippen molar-refractivity contribution in [2.45, 2.75) is 20.4 Å². The summed E-state index contributed by atoms with van der Waals surface area (Å²) in [7, 11) is 0. The van der Waals surface area contributed by atoms with Crippen LogP contribution in [0.4, 0.5) is 0 Å². The lowest BCUT2D eigenvalue weighted by molar-refractivity contribution is 1.05. The Balaban J connectivity index is 2.54. The Labute approximate surface area is 96.1 Å². The van der Waals surface area contributed by atoms with E-state index < -0.39 is 0 Å². The molecule has 0 aliphatic heterocycles. The molecule has 0 bridgehead atoms. The van der Waals surface area contributed by atoms with Crippen molar-refractivity contribution in [1.29, 1.82) is 0 Å². The summed E-state index contributed by atoms with van der Waals surface area (Å²) in [4.78, 5) is 4.22. The molecule has 0 unspecified atom stereocenters. The third-order valence-electron chi connectivity index (χ3n) is 2.95. The van der Waals surface area contributed by atoms with Crippen LogP contribution in [0, 0.1) is 13.8 Å². The molecule has 82 valence electrons. The van der Waals surface area contributed by atoms with Crippen LogP contribution in [-0.4, -0.2) is 4.98 Å². The van der Waals surface area contributed by atoms with Gasteiger partial charge >= 0.3 is 0 Å². The minimum Gasteiger partial charge on any atom is -0.326 e. The number of aryl methyl sites for hydroxylation is 1. The monoisotopic (exact) mass is 212 g/mol. The summed E-state index contributed by atoms with van der Waals surface area (Å²) >= 11 is 0. The van der Waals surface area contributed by atoms with Crippen LogP contribution in [-0.2, 0) is 6.54 Å². The normalized spacial score (nSPS) is 10.4. The maximum Gasteiger partial charge on any atom is 0.0346 e. The molecule has 0 aliphatic rings. The van der Waals surface area contributed by atoms with E-state index in [2.05, 4.69) is 43.1 Å². The molecule has 0 radical (unpaired) electrons. The van der Waals surface area contributed by atoms with Crippen LogP contribution in [0.25, 0.3) is 11.1 Å². The zero-order chi connectivity index (χ0) is 11.5. The molecule has 0 atom stereocenters. The van der Waals surface area contributed by atoms with E-state index in [1.165, 1.54) is 16.7 Å². The summed E-state index contributed by atoms with van der Waals surface area (Å²) in [5, 5.41) is 0. The summed E-state index contributed by atoms with van der Waals surface area (Å²) in [6, 6.07) is 8.43. The Hall–Kier alpha value is -1.67. The molecule has 0 fully saturated rings. The van der Waals surface area contributed by atoms with Crippen LogP contribution in [0.5, 0.6) is 0 Å². The highest BCUT2D eigenvalue weighted by molar-refractivity contribution is 5.68. The van der Waals surface area contributed by atoms with Gasteiger partial charge in [-0.3, -0.25) is 4.98 Å². The number of hydrogen-bond donors (Lipinski definition) is 1. The van der Waals surface area contributed by atoms with Crippen molar-refractivity contribution in [3.8, 4) is 11.1 Å². The quantitative estimate of drug-likeness (QED) is 0.831. The van der Waals surface area contributed by atoms with Gasteiger partial charge in [-0.25, -0.2) is 0 Å². The highest BCUT2D eigenvalue weighted by atomic mass is 14.6. The zero-order valence-corrected chi connectivity index (χ0v) is 9.70. The smallest absolute Gasteiger partial charge is 0.0346 e. The summed E-state index contributed by atoms with van der Waals surface area (Å²) in [5.74, 6) is 0. The maximum absolute atomic E-state index is 5.62. The summed E-state index contributed by atoms with van der Waals surface area (Å²) in [5.41, 5.74) is 11.7. The molecule has 2 rings (SSSR count). The van der Waals surface area contributed by atoms with Gasteiger partial charge in [-0.1, -0.05) is 18.2 Å². The molecule has 1 heterocycles. The molecule has 1 aromatic carbocycles. The maximum atomic E-state index is 5.62. The predicted molar refractivity (Wildman–Crippen MR) is 67.0 cm³/mol.